The van der Waals surface area contributed by atoms with Crippen molar-refractivity contribution in [3.8, 4) is 11.8 Å². The van der Waals surface area contributed by atoms with E-state index in [2.05, 4.69) is 9.97 Å². The van der Waals surface area contributed by atoms with Gasteiger partial charge in [0.05, 0.1) is 26.1 Å². The molecule has 1 atom stereocenters. The molecule has 7 nitrogen and oxygen atoms in total. The van der Waals surface area contributed by atoms with Crippen LogP contribution in [0.5, 0.6) is 11.8 Å². The summed E-state index contributed by atoms with van der Waals surface area (Å²) in [6, 6.07) is 1.63. The molecule has 0 spiro atoms. The van der Waals surface area contributed by atoms with E-state index in [0.717, 1.165) is 19.4 Å². The summed E-state index contributed by atoms with van der Waals surface area (Å²) in [6.07, 6.45) is 1.90. The summed E-state index contributed by atoms with van der Waals surface area (Å²) >= 11 is 0. The van der Waals surface area contributed by atoms with Gasteiger partial charge < -0.3 is 20.1 Å². The van der Waals surface area contributed by atoms with Crippen LogP contribution in [0.15, 0.2) is 6.07 Å². The summed E-state index contributed by atoms with van der Waals surface area (Å²) in [5.74, 6) is 1.77. The Morgan fingerprint density at radius 3 is 2.53 bits per heavy atom. The van der Waals surface area contributed by atoms with Gasteiger partial charge in [0.2, 0.25) is 17.7 Å². The average molecular weight is 265 g/mol. The van der Waals surface area contributed by atoms with Crippen molar-refractivity contribution >= 4 is 11.8 Å². The molecule has 1 fully saturated rings. The van der Waals surface area contributed by atoms with Gasteiger partial charge in [-0.05, 0) is 12.8 Å². The van der Waals surface area contributed by atoms with E-state index in [9.17, 15) is 0 Å². The van der Waals surface area contributed by atoms with Crippen molar-refractivity contribution in [3.63, 3.8) is 0 Å². The minimum Gasteiger partial charge on any atom is -0.481 e. The number of amidine groups is 1. The van der Waals surface area contributed by atoms with Crippen LogP contribution in [0.1, 0.15) is 12.8 Å². The standard InChI is InChI=1S/C12H19N5O2/c1-18-9-6-10(19-2)16-12(15-9)17-5-3-4-8(7-17)11(13)14/h6,8H,3-5,7H2,1-2H3,(H3,13,14). The Hall–Kier alpha value is -2.05. The van der Waals surface area contributed by atoms with Crippen molar-refractivity contribution in [2.75, 3.05) is 32.2 Å². The first kappa shape index (κ1) is 13.4. The minimum absolute atomic E-state index is 0.0644. The SMILES string of the molecule is COc1cc(OC)nc(N2CCCC(C(=N)N)C2)n1. The number of hydrogen-bond acceptors (Lipinski definition) is 6. The number of ether oxygens (including phenoxy) is 2. The highest BCUT2D eigenvalue weighted by molar-refractivity contribution is 5.80. The maximum atomic E-state index is 7.56. The topological polar surface area (TPSA) is 97.4 Å². The van der Waals surface area contributed by atoms with Crippen molar-refractivity contribution in [2.24, 2.45) is 11.7 Å². The van der Waals surface area contributed by atoms with E-state index < -0.39 is 0 Å². The normalized spacial score (nSPS) is 19.1. The van der Waals surface area contributed by atoms with Gasteiger partial charge >= 0.3 is 0 Å². The predicted molar refractivity (Wildman–Crippen MR) is 72.0 cm³/mol. The van der Waals surface area contributed by atoms with Gasteiger partial charge in [0.1, 0.15) is 0 Å². The molecular weight excluding hydrogens is 246 g/mol. The molecule has 7 heteroatoms. The molecule has 0 bridgehead atoms. The van der Waals surface area contributed by atoms with Crippen molar-refractivity contribution in [2.45, 2.75) is 12.8 Å². The van der Waals surface area contributed by atoms with Crippen molar-refractivity contribution in [1.82, 2.24) is 9.97 Å². The second kappa shape index (κ2) is 5.73. The zero-order valence-corrected chi connectivity index (χ0v) is 11.2. The van der Waals surface area contributed by atoms with Gasteiger partial charge in [-0.25, -0.2) is 0 Å². The van der Waals surface area contributed by atoms with Gasteiger partial charge in [-0.1, -0.05) is 0 Å². The number of nitrogens with one attached hydrogen (secondary N) is 1. The lowest BCUT2D eigenvalue weighted by atomic mass is 9.97. The van der Waals surface area contributed by atoms with E-state index in [-0.39, 0.29) is 11.8 Å². The van der Waals surface area contributed by atoms with Crippen LogP contribution in [0.2, 0.25) is 0 Å². The number of piperidine rings is 1. The Balaban J connectivity index is 2.22. The van der Waals surface area contributed by atoms with Gasteiger partial charge in [-0.15, -0.1) is 0 Å². The Morgan fingerprint density at radius 2 is 2.00 bits per heavy atom. The summed E-state index contributed by atoms with van der Waals surface area (Å²) in [7, 11) is 3.11. The first-order valence-corrected chi connectivity index (χ1v) is 6.20. The quantitative estimate of drug-likeness (QED) is 0.612. The average Bonchev–Trinajstić information content (AvgIpc) is 2.46. The molecule has 1 aliphatic rings. The molecule has 2 heterocycles. The van der Waals surface area contributed by atoms with Crippen LogP contribution >= 0.6 is 0 Å². The fraction of sp³-hybridized carbons (Fsp3) is 0.583. The van der Waals surface area contributed by atoms with E-state index >= 15 is 0 Å². The van der Waals surface area contributed by atoms with Crippen molar-refractivity contribution in [1.29, 1.82) is 5.41 Å². The molecule has 1 aromatic heterocycles. The Bertz CT molecular complexity index is 443. The number of nitrogens with zero attached hydrogens (tertiary/aromatic N) is 3. The predicted octanol–water partition coefficient (Wildman–Crippen LogP) is 0.646. The maximum Gasteiger partial charge on any atom is 0.231 e. The summed E-state index contributed by atoms with van der Waals surface area (Å²) < 4.78 is 10.3. The van der Waals surface area contributed by atoms with Crippen LogP contribution in [-0.4, -0.2) is 43.1 Å². The van der Waals surface area contributed by atoms with E-state index in [1.54, 1.807) is 20.3 Å². The van der Waals surface area contributed by atoms with Crippen LogP contribution in [0.25, 0.3) is 0 Å². The molecule has 0 aliphatic carbocycles. The summed E-state index contributed by atoms with van der Waals surface area (Å²) in [4.78, 5) is 10.7. The molecule has 19 heavy (non-hydrogen) atoms. The van der Waals surface area contributed by atoms with Crippen molar-refractivity contribution in [3.05, 3.63) is 6.07 Å². The number of methoxy groups -OCH3 is 2. The lowest BCUT2D eigenvalue weighted by molar-refractivity contribution is 0.370. The van der Waals surface area contributed by atoms with Crippen LogP contribution in [0, 0.1) is 11.3 Å². The molecule has 2 rings (SSSR count). The highest BCUT2D eigenvalue weighted by Crippen LogP contribution is 2.24. The minimum atomic E-state index is 0.0644. The molecule has 1 aromatic rings. The maximum absolute atomic E-state index is 7.56. The molecule has 1 saturated heterocycles. The molecule has 1 unspecified atom stereocenters. The lowest BCUT2D eigenvalue weighted by Gasteiger charge is -2.32. The van der Waals surface area contributed by atoms with Crippen LogP contribution in [0.4, 0.5) is 5.95 Å². The third-order valence-corrected chi connectivity index (χ3v) is 3.23. The smallest absolute Gasteiger partial charge is 0.231 e. The Labute approximate surface area is 112 Å². The second-order valence-corrected chi connectivity index (χ2v) is 4.49. The largest absolute Gasteiger partial charge is 0.481 e. The molecule has 0 saturated carbocycles. The van der Waals surface area contributed by atoms with Gasteiger partial charge in [0.15, 0.2) is 0 Å². The summed E-state index contributed by atoms with van der Waals surface area (Å²) in [5, 5.41) is 7.56. The second-order valence-electron chi connectivity index (χ2n) is 4.49. The van der Waals surface area contributed by atoms with E-state index in [1.165, 1.54) is 0 Å². The molecule has 0 aromatic carbocycles. The molecule has 1 aliphatic heterocycles. The lowest BCUT2D eigenvalue weighted by Crippen LogP contribution is -2.41. The highest BCUT2D eigenvalue weighted by Gasteiger charge is 2.24. The van der Waals surface area contributed by atoms with Gasteiger partial charge in [0.25, 0.3) is 0 Å². The molecule has 3 N–H and O–H groups in total. The molecule has 0 amide bonds. The first-order valence-electron chi connectivity index (χ1n) is 6.20. The van der Waals surface area contributed by atoms with Gasteiger partial charge in [-0.3, -0.25) is 5.41 Å². The number of hydrogen-bond donors (Lipinski definition) is 2. The molecular formula is C12H19N5O2. The van der Waals surface area contributed by atoms with Crippen molar-refractivity contribution < 1.29 is 9.47 Å². The van der Waals surface area contributed by atoms with E-state index in [0.29, 0.717) is 24.3 Å². The van der Waals surface area contributed by atoms with E-state index in [1.807, 2.05) is 4.90 Å². The number of anilines is 1. The third kappa shape index (κ3) is 3.04. The fourth-order valence-electron chi connectivity index (χ4n) is 2.16. The third-order valence-electron chi connectivity index (χ3n) is 3.23. The van der Waals surface area contributed by atoms with Crippen LogP contribution in [0.3, 0.4) is 0 Å². The fourth-order valence-corrected chi connectivity index (χ4v) is 2.16. The van der Waals surface area contributed by atoms with Gasteiger partial charge in [-0.2, -0.15) is 9.97 Å². The Morgan fingerprint density at radius 1 is 1.37 bits per heavy atom. The molecule has 0 radical (unpaired) electrons. The number of rotatable bonds is 4. The number of aromatic nitrogens is 2. The zero-order chi connectivity index (χ0) is 13.8. The Kier molecular flexibility index (Phi) is 4.03. The monoisotopic (exact) mass is 265 g/mol. The van der Waals surface area contributed by atoms with E-state index in [4.69, 9.17) is 20.6 Å². The zero-order valence-electron chi connectivity index (χ0n) is 11.2. The highest BCUT2D eigenvalue weighted by atomic mass is 16.5. The van der Waals surface area contributed by atoms with Crippen LogP contribution in [-0.2, 0) is 0 Å². The van der Waals surface area contributed by atoms with Crippen LogP contribution < -0.4 is 20.1 Å². The summed E-state index contributed by atoms with van der Waals surface area (Å²) in [6.45, 7) is 1.51. The van der Waals surface area contributed by atoms with Gasteiger partial charge in [0, 0.05) is 19.0 Å². The summed E-state index contributed by atoms with van der Waals surface area (Å²) in [5.41, 5.74) is 5.59. The molecule has 104 valence electrons. The number of nitrogens with two attached hydrogens (primary N) is 1. The first-order chi connectivity index (χ1) is 9.13.